The lowest BCUT2D eigenvalue weighted by atomic mass is 10.2. The molecule has 0 fully saturated rings. The Morgan fingerprint density at radius 3 is 2.50 bits per heavy atom. The van der Waals surface area contributed by atoms with E-state index in [0.717, 1.165) is 33.8 Å². The molecule has 0 unspecified atom stereocenters. The van der Waals surface area contributed by atoms with Crippen molar-refractivity contribution in [3.8, 4) is 11.5 Å². The Kier molecular flexibility index (Phi) is 3.21. The zero-order valence-corrected chi connectivity index (χ0v) is 11.2. The number of hydrogen-bond acceptors (Lipinski definition) is 3. The summed E-state index contributed by atoms with van der Waals surface area (Å²) >= 11 is 0. The van der Waals surface area contributed by atoms with Gasteiger partial charge >= 0.3 is 0 Å². The molecule has 0 radical (unpaired) electrons. The van der Waals surface area contributed by atoms with Gasteiger partial charge in [-0.1, -0.05) is 12.1 Å². The van der Waals surface area contributed by atoms with Crippen LogP contribution in [0, 0.1) is 0 Å². The van der Waals surface area contributed by atoms with Gasteiger partial charge in [-0.25, -0.2) is 0 Å². The standard InChI is InChI=1S/C16H16N2O2/c1-19-13-5-7-14(8-6-13)20-10-12-9-11-3-2-4-15(17)16(11)18-12/h2-9,18H,10,17H2,1H3. The third kappa shape index (κ3) is 2.40. The summed E-state index contributed by atoms with van der Waals surface area (Å²) in [6.07, 6.45) is 0. The molecule has 0 aliphatic carbocycles. The normalized spacial score (nSPS) is 10.7. The fourth-order valence-electron chi connectivity index (χ4n) is 2.15. The Morgan fingerprint density at radius 2 is 1.80 bits per heavy atom. The number of nitrogens with two attached hydrogens (primary N) is 1. The number of aromatic amines is 1. The Balaban J connectivity index is 1.74. The van der Waals surface area contributed by atoms with Crippen LogP contribution in [0.5, 0.6) is 11.5 Å². The lowest BCUT2D eigenvalue weighted by molar-refractivity contribution is 0.301. The van der Waals surface area contributed by atoms with Gasteiger partial charge in [0.25, 0.3) is 0 Å². The van der Waals surface area contributed by atoms with Gasteiger partial charge < -0.3 is 20.2 Å². The molecule has 102 valence electrons. The Morgan fingerprint density at radius 1 is 1.05 bits per heavy atom. The monoisotopic (exact) mass is 268 g/mol. The first-order chi connectivity index (χ1) is 9.76. The average Bonchev–Trinajstić information content (AvgIpc) is 2.90. The second kappa shape index (κ2) is 5.17. The van der Waals surface area contributed by atoms with Gasteiger partial charge in [-0.15, -0.1) is 0 Å². The molecule has 3 aromatic rings. The van der Waals surface area contributed by atoms with Crippen molar-refractivity contribution in [2.75, 3.05) is 12.8 Å². The molecule has 0 spiro atoms. The molecule has 0 bridgehead atoms. The zero-order chi connectivity index (χ0) is 13.9. The van der Waals surface area contributed by atoms with Crippen molar-refractivity contribution in [2.24, 2.45) is 0 Å². The summed E-state index contributed by atoms with van der Waals surface area (Å²) in [5.41, 5.74) is 8.62. The molecule has 0 aliphatic rings. The van der Waals surface area contributed by atoms with Crippen molar-refractivity contribution in [1.29, 1.82) is 0 Å². The number of H-pyrrole nitrogens is 1. The number of anilines is 1. The number of rotatable bonds is 4. The number of fused-ring (bicyclic) bond motifs is 1. The van der Waals surface area contributed by atoms with E-state index in [1.54, 1.807) is 7.11 Å². The minimum atomic E-state index is 0.473. The second-order valence-electron chi connectivity index (χ2n) is 4.57. The number of aromatic nitrogens is 1. The number of nitrogens with one attached hydrogen (secondary N) is 1. The maximum Gasteiger partial charge on any atom is 0.128 e. The first kappa shape index (κ1) is 12.4. The molecule has 20 heavy (non-hydrogen) atoms. The highest BCUT2D eigenvalue weighted by molar-refractivity contribution is 5.90. The van der Waals surface area contributed by atoms with Gasteiger partial charge in [-0.2, -0.15) is 0 Å². The highest BCUT2D eigenvalue weighted by Gasteiger charge is 2.04. The summed E-state index contributed by atoms with van der Waals surface area (Å²) in [5.74, 6) is 1.62. The fourth-order valence-corrected chi connectivity index (χ4v) is 2.15. The molecular formula is C16H16N2O2. The van der Waals surface area contributed by atoms with Crippen LogP contribution in [0.15, 0.2) is 48.5 Å². The Hall–Kier alpha value is -2.62. The third-order valence-corrected chi connectivity index (χ3v) is 3.20. The van der Waals surface area contributed by atoms with Crippen molar-refractivity contribution < 1.29 is 9.47 Å². The molecule has 4 nitrogen and oxygen atoms in total. The van der Waals surface area contributed by atoms with Gasteiger partial charge in [0.2, 0.25) is 0 Å². The van der Waals surface area contributed by atoms with Crippen LogP contribution in [-0.2, 0) is 6.61 Å². The largest absolute Gasteiger partial charge is 0.497 e. The first-order valence-electron chi connectivity index (χ1n) is 6.39. The van der Waals surface area contributed by atoms with E-state index in [1.165, 1.54) is 0 Å². The molecular weight excluding hydrogens is 252 g/mol. The second-order valence-corrected chi connectivity index (χ2v) is 4.57. The van der Waals surface area contributed by atoms with Crippen molar-refractivity contribution >= 4 is 16.6 Å². The van der Waals surface area contributed by atoms with Crippen LogP contribution in [0.3, 0.4) is 0 Å². The number of nitrogen functional groups attached to an aromatic ring is 1. The lowest BCUT2D eigenvalue weighted by Crippen LogP contribution is -1.95. The lowest BCUT2D eigenvalue weighted by Gasteiger charge is -2.05. The molecule has 1 heterocycles. The van der Waals surface area contributed by atoms with E-state index in [4.69, 9.17) is 15.2 Å². The summed E-state index contributed by atoms with van der Waals surface area (Å²) in [4.78, 5) is 3.28. The number of ether oxygens (including phenoxy) is 2. The van der Waals surface area contributed by atoms with Gasteiger partial charge in [0.05, 0.1) is 24.0 Å². The Labute approximate surface area is 117 Å². The van der Waals surface area contributed by atoms with E-state index in [9.17, 15) is 0 Å². The molecule has 2 aromatic carbocycles. The molecule has 4 heteroatoms. The summed E-state index contributed by atoms with van der Waals surface area (Å²) < 4.78 is 10.8. The highest BCUT2D eigenvalue weighted by atomic mass is 16.5. The van der Waals surface area contributed by atoms with Crippen LogP contribution >= 0.6 is 0 Å². The van der Waals surface area contributed by atoms with Crippen LogP contribution in [0.4, 0.5) is 5.69 Å². The zero-order valence-electron chi connectivity index (χ0n) is 11.2. The number of hydrogen-bond donors (Lipinski definition) is 2. The molecule has 0 saturated heterocycles. The van der Waals surface area contributed by atoms with Gasteiger partial charge in [0.1, 0.15) is 18.1 Å². The van der Waals surface area contributed by atoms with Crippen molar-refractivity contribution in [3.63, 3.8) is 0 Å². The first-order valence-corrected chi connectivity index (χ1v) is 6.39. The van der Waals surface area contributed by atoms with Crippen molar-refractivity contribution in [2.45, 2.75) is 6.61 Å². The molecule has 0 aliphatic heterocycles. The molecule has 3 N–H and O–H groups in total. The average molecular weight is 268 g/mol. The van der Waals surface area contributed by atoms with E-state index >= 15 is 0 Å². The van der Waals surface area contributed by atoms with Crippen LogP contribution in [0.2, 0.25) is 0 Å². The smallest absolute Gasteiger partial charge is 0.128 e. The summed E-state index contributed by atoms with van der Waals surface area (Å²) in [5, 5.41) is 1.10. The van der Waals surface area contributed by atoms with Crippen molar-refractivity contribution in [1.82, 2.24) is 4.98 Å². The fraction of sp³-hybridized carbons (Fsp3) is 0.125. The predicted molar refractivity (Wildman–Crippen MR) is 80.0 cm³/mol. The number of methoxy groups -OCH3 is 1. The predicted octanol–water partition coefficient (Wildman–Crippen LogP) is 3.34. The number of benzene rings is 2. The Bertz CT molecular complexity index is 717. The number of para-hydroxylation sites is 1. The topological polar surface area (TPSA) is 60.3 Å². The maximum absolute atomic E-state index is 5.92. The van der Waals surface area contributed by atoms with Crippen LogP contribution in [-0.4, -0.2) is 12.1 Å². The van der Waals surface area contributed by atoms with Gasteiger partial charge in [-0.05, 0) is 36.4 Å². The molecule has 0 atom stereocenters. The van der Waals surface area contributed by atoms with E-state index in [1.807, 2.05) is 42.5 Å². The maximum atomic E-state index is 5.92. The summed E-state index contributed by atoms with van der Waals surface area (Å²) in [6, 6.07) is 15.4. The minimum Gasteiger partial charge on any atom is -0.497 e. The van der Waals surface area contributed by atoms with Gasteiger partial charge in [0, 0.05) is 5.39 Å². The minimum absolute atomic E-state index is 0.473. The van der Waals surface area contributed by atoms with Gasteiger partial charge in [0.15, 0.2) is 0 Å². The van der Waals surface area contributed by atoms with E-state index < -0.39 is 0 Å². The SMILES string of the molecule is COc1ccc(OCc2cc3cccc(N)c3[nH]2)cc1. The third-order valence-electron chi connectivity index (χ3n) is 3.20. The van der Waals surface area contributed by atoms with E-state index in [0.29, 0.717) is 6.61 Å². The highest BCUT2D eigenvalue weighted by Crippen LogP contribution is 2.22. The van der Waals surface area contributed by atoms with E-state index in [2.05, 4.69) is 11.1 Å². The van der Waals surface area contributed by atoms with Crippen molar-refractivity contribution in [3.05, 3.63) is 54.2 Å². The van der Waals surface area contributed by atoms with E-state index in [-0.39, 0.29) is 0 Å². The molecule has 1 aromatic heterocycles. The molecule has 0 saturated carbocycles. The summed E-state index contributed by atoms with van der Waals surface area (Å²) in [6.45, 7) is 0.473. The molecule has 3 rings (SSSR count). The summed E-state index contributed by atoms with van der Waals surface area (Å²) in [7, 11) is 1.64. The van der Waals surface area contributed by atoms with Crippen LogP contribution in [0.1, 0.15) is 5.69 Å². The molecule has 0 amide bonds. The van der Waals surface area contributed by atoms with Crippen LogP contribution in [0.25, 0.3) is 10.9 Å². The van der Waals surface area contributed by atoms with Crippen LogP contribution < -0.4 is 15.2 Å². The van der Waals surface area contributed by atoms with Gasteiger partial charge in [-0.3, -0.25) is 0 Å². The quantitative estimate of drug-likeness (QED) is 0.713.